The van der Waals surface area contributed by atoms with E-state index in [-0.39, 0.29) is 5.91 Å². The van der Waals surface area contributed by atoms with E-state index in [1.165, 1.54) is 0 Å². The summed E-state index contributed by atoms with van der Waals surface area (Å²) in [6.45, 7) is 5.33. The van der Waals surface area contributed by atoms with Crippen LogP contribution in [0.3, 0.4) is 0 Å². The van der Waals surface area contributed by atoms with Crippen LogP contribution in [0.15, 0.2) is 24.5 Å². The van der Waals surface area contributed by atoms with E-state index < -0.39 is 0 Å². The number of carbonyl (C=O) groups excluding carboxylic acids is 1. The van der Waals surface area contributed by atoms with Crippen LogP contribution in [-0.4, -0.2) is 27.6 Å². The van der Waals surface area contributed by atoms with Crippen LogP contribution in [-0.2, 0) is 6.54 Å². The molecule has 0 radical (unpaired) electrons. The fourth-order valence-electron chi connectivity index (χ4n) is 1.75. The molecule has 3 N–H and O–H groups in total. The molecular weight excluding hydrogens is 254 g/mol. The lowest BCUT2D eigenvalue weighted by Crippen LogP contribution is -2.24. The molecule has 0 aliphatic carbocycles. The Bertz CT molecular complexity index is 578. The SMILES string of the molecule is CCCNc1ccnc(C(=O)NCc2cn[nH]c2C)c1. The Kier molecular flexibility index (Phi) is 4.70. The maximum Gasteiger partial charge on any atom is 0.270 e. The number of aromatic amines is 1. The van der Waals surface area contributed by atoms with Gasteiger partial charge in [0.25, 0.3) is 5.91 Å². The Morgan fingerprint density at radius 2 is 2.30 bits per heavy atom. The van der Waals surface area contributed by atoms with Crippen molar-refractivity contribution >= 4 is 11.6 Å². The number of rotatable bonds is 6. The molecule has 6 nitrogen and oxygen atoms in total. The highest BCUT2D eigenvalue weighted by Gasteiger charge is 2.09. The number of carbonyl (C=O) groups is 1. The smallest absolute Gasteiger partial charge is 0.270 e. The molecule has 0 unspecified atom stereocenters. The summed E-state index contributed by atoms with van der Waals surface area (Å²) >= 11 is 0. The number of hydrogen-bond donors (Lipinski definition) is 3. The van der Waals surface area contributed by atoms with Gasteiger partial charge in [0.1, 0.15) is 5.69 Å². The van der Waals surface area contributed by atoms with Gasteiger partial charge in [-0.2, -0.15) is 5.10 Å². The standard InChI is InChI=1S/C14H19N5O/c1-3-5-15-12-4-6-16-13(7-12)14(20)17-8-11-9-18-19-10(11)2/h4,6-7,9H,3,5,8H2,1-2H3,(H,15,16)(H,17,20)(H,18,19). The van der Waals surface area contributed by atoms with Crippen molar-refractivity contribution in [2.24, 2.45) is 0 Å². The highest BCUT2D eigenvalue weighted by molar-refractivity contribution is 5.93. The minimum absolute atomic E-state index is 0.189. The number of H-pyrrole nitrogens is 1. The van der Waals surface area contributed by atoms with Crippen LogP contribution < -0.4 is 10.6 Å². The Hall–Kier alpha value is -2.37. The monoisotopic (exact) mass is 273 g/mol. The second-order valence-corrected chi connectivity index (χ2v) is 4.56. The molecule has 0 fully saturated rings. The average Bonchev–Trinajstić information content (AvgIpc) is 2.88. The van der Waals surface area contributed by atoms with Crippen molar-refractivity contribution in [3.8, 4) is 0 Å². The molecule has 0 aliphatic heterocycles. The number of nitrogens with one attached hydrogen (secondary N) is 3. The van der Waals surface area contributed by atoms with Crippen LogP contribution in [0.2, 0.25) is 0 Å². The fraction of sp³-hybridized carbons (Fsp3) is 0.357. The molecule has 6 heteroatoms. The maximum atomic E-state index is 12.0. The van der Waals surface area contributed by atoms with E-state index in [1.54, 1.807) is 18.5 Å². The van der Waals surface area contributed by atoms with Crippen LogP contribution in [0.4, 0.5) is 5.69 Å². The third kappa shape index (κ3) is 3.57. The predicted octanol–water partition coefficient (Wildman–Crippen LogP) is 1.87. The van der Waals surface area contributed by atoms with Crippen LogP contribution in [0.5, 0.6) is 0 Å². The van der Waals surface area contributed by atoms with Gasteiger partial charge in [0, 0.05) is 36.2 Å². The number of nitrogens with zero attached hydrogens (tertiary/aromatic N) is 2. The highest BCUT2D eigenvalue weighted by Crippen LogP contribution is 2.08. The van der Waals surface area contributed by atoms with E-state index in [0.29, 0.717) is 12.2 Å². The minimum Gasteiger partial charge on any atom is -0.385 e. The molecule has 0 bridgehead atoms. The molecule has 0 spiro atoms. The summed E-state index contributed by atoms with van der Waals surface area (Å²) in [7, 11) is 0. The minimum atomic E-state index is -0.189. The van der Waals surface area contributed by atoms with Crippen molar-refractivity contribution in [1.82, 2.24) is 20.5 Å². The molecule has 106 valence electrons. The lowest BCUT2D eigenvalue weighted by atomic mass is 10.2. The van der Waals surface area contributed by atoms with Gasteiger partial charge >= 0.3 is 0 Å². The Morgan fingerprint density at radius 3 is 3.00 bits per heavy atom. The molecule has 2 heterocycles. The van der Waals surface area contributed by atoms with Gasteiger partial charge in [-0.3, -0.25) is 14.9 Å². The van der Waals surface area contributed by atoms with Gasteiger partial charge in [0.2, 0.25) is 0 Å². The van der Waals surface area contributed by atoms with Gasteiger partial charge in [-0.15, -0.1) is 0 Å². The van der Waals surface area contributed by atoms with Gasteiger partial charge < -0.3 is 10.6 Å². The number of amides is 1. The van der Waals surface area contributed by atoms with Crippen molar-refractivity contribution in [3.63, 3.8) is 0 Å². The molecule has 0 saturated heterocycles. The molecule has 2 rings (SSSR count). The molecule has 2 aromatic heterocycles. The third-order valence-corrected chi connectivity index (χ3v) is 2.95. The van der Waals surface area contributed by atoms with E-state index in [2.05, 4.69) is 32.7 Å². The van der Waals surface area contributed by atoms with Crippen LogP contribution in [0.1, 0.15) is 35.1 Å². The lowest BCUT2D eigenvalue weighted by molar-refractivity contribution is 0.0946. The molecule has 0 aromatic carbocycles. The summed E-state index contributed by atoms with van der Waals surface area (Å²) in [5.74, 6) is -0.189. The van der Waals surface area contributed by atoms with Crippen molar-refractivity contribution in [2.75, 3.05) is 11.9 Å². The normalized spacial score (nSPS) is 10.3. The lowest BCUT2D eigenvalue weighted by Gasteiger charge is -2.07. The zero-order chi connectivity index (χ0) is 14.4. The van der Waals surface area contributed by atoms with Gasteiger partial charge in [-0.25, -0.2) is 0 Å². The van der Waals surface area contributed by atoms with Crippen LogP contribution >= 0.6 is 0 Å². The van der Waals surface area contributed by atoms with Crippen molar-refractivity contribution in [2.45, 2.75) is 26.8 Å². The van der Waals surface area contributed by atoms with E-state index in [4.69, 9.17) is 0 Å². The summed E-state index contributed by atoms with van der Waals surface area (Å²) in [5, 5.41) is 12.8. The summed E-state index contributed by atoms with van der Waals surface area (Å²) < 4.78 is 0. The largest absolute Gasteiger partial charge is 0.385 e. The summed E-state index contributed by atoms with van der Waals surface area (Å²) in [6.07, 6.45) is 4.38. The molecule has 0 atom stereocenters. The fourth-order valence-corrected chi connectivity index (χ4v) is 1.75. The first-order valence-corrected chi connectivity index (χ1v) is 6.67. The van der Waals surface area contributed by atoms with Crippen molar-refractivity contribution in [3.05, 3.63) is 41.5 Å². The summed E-state index contributed by atoms with van der Waals surface area (Å²) in [4.78, 5) is 16.1. The van der Waals surface area contributed by atoms with E-state index >= 15 is 0 Å². The van der Waals surface area contributed by atoms with E-state index in [0.717, 1.165) is 29.9 Å². The van der Waals surface area contributed by atoms with E-state index in [1.807, 2.05) is 13.0 Å². The average molecular weight is 273 g/mol. The Labute approximate surface area is 118 Å². The quantitative estimate of drug-likeness (QED) is 0.750. The number of aryl methyl sites for hydroxylation is 1. The summed E-state index contributed by atoms with van der Waals surface area (Å²) in [5.41, 5.74) is 3.24. The second-order valence-electron chi connectivity index (χ2n) is 4.56. The van der Waals surface area contributed by atoms with Crippen molar-refractivity contribution in [1.29, 1.82) is 0 Å². The molecule has 2 aromatic rings. The first-order chi connectivity index (χ1) is 9.70. The number of anilines is 1. The Balaban J connectivity index is 1.96. The number of hydrogen-bond acceptors (Lipinski definition) is 4. The van der Waals surface area contributed by atoms with Crippen LogP contribution in [0, 0.1) is 6.92 Å². The number of pyridine rings is 1. The van der Waals surface area contributed by atoms with Gasteiger partial charge in [-0.05, 0) is 25.5 Å². The Morgan fingerprint density at radius 1 is 1.45 bits per heavy atom. The molecule has 1 amide bonds. The molecule has 20 heavy (non-hydrogen) atoms. The number of aromatic nitrogens is 3. The van der Waals surface area contributed by atoms with Gasteiger partial charge in [0.15, 0.2) is 0 Å². The van der Waals surface area contributed by atoms with Crippen molar-refractivity contribution < 1.29 is 4.79 Å². The zero-order valence-corrected chi connectivity index (χ0v) is 11.7. The zero-order valence-electron chi connectivity index (χ0n) is 11.7. The molecular formula is C14H19N5O. The molecule has 0 aliphatic rings. The topological polar surface area (TPSA) is 82.7 Å². The maximum absolute atomic E-state index is 12.0. The predicted molar refractivity (Wildman–Crippen MR) is 77.5 cm³/mol. The van der Waals surface area contributed by atoms with Crippen LogP contribution in [0.25, 0.3) is 0 Å². The first-order valence-electron chi connectivity index (χ1n) is 6.67. The first kappa shape index (κ1) is 14.0. The third-order valence-electron chi connectivity index (χ3n) is 2.95. The van der Waals surface area contributed by atoms with Gasteiger partial charge in [0.05, 0.1) is 6.20 Å². The van der Waals surface area contributed by atoms with E-state index in [9.17, 15) is 4.79 Å². The molecule has 0 saturated carbocycles. The summed E-state index contributed by atoms with van der Waals surface area (Å²) in [6, 6.07) is 3.61. The second kappa shape index (κ2) is 6.70. The van der Waals surface area contributed by atoms with Gasteiger partial charge in [-0.1, -0.05) is 6.92 Å². The highest BCUT2D eigenvalue weighted by atomic mass is 16.1.